The number of carbonyl (C=O) groups excluding carboxylic acids is 1. The van der Waals surface area contributed by atoms with Crippen molar-refractivity contribution < 1.29 is 14.3 Å². The summed E-state index contributed by atoms with van der Waals surface area (Å²) in [5.41, 5.74) is 4.83. The number of amides is 1. The van der Waals surface area contributed by atoms with Crippen molar-refractivity contribution in [1.29, 1.82) is 5.26 Å². The minimum Gasteiger partial charge on any atom is -0.484 e. The van der Waals surface area contributed by atoms with Crippen LogP contribution in [0.25, 0.3) is 11.3 Å². The maximum atomic E-state index is 12.1. The average Bonchev–Trinajstić information content (AvgIpc) is 3.28. The molecular weight excluding hydrogens is 426 g/mol. The molecule has 162 valence electrons. The molecule has 0 unspecified atom stereocenters. The SMILES string of the molecule is N#Cc1ccc(OCC(=O)N/N=C/c2sc(N3CCOCC3)nc2-c2ccccc2)cc1. The van der Waals surface area contributed by atoms with E-state index in [4.69, 9.17) is 19.7 Å². The molecule has 1 amide bonds. The van der Waals surface area contributed by atoms with Gasteiger partial charge in [-0.25, -0.2) is 10.4 Å². The molecule has 1 aliphatic heterocycles. The highest BCUT2D eigenvalue weighted by Gasteiger charge is 2.18. The van der Waals surface area contributed by atoms with Gasteiger partial charge in [0, 0.05) is 18.7 Å². The first-order chi connectivity index (χ1) is 15.7. The maximum Gasteiger partial charge on any atom is 0.277 e. The van der Waals surface area contributed by atoms with E-state index in [0.29, 0.717) is 24.5 Å². The van der Waals surface area contributed by atoms with E-state index in [1.165, 1.54) is 11.3 Å². The summed E-state index contributed by atoms with van der Waals surface area (Å²) in [7, 11) is 0. The van der Waals surface area contributed by atoms with Gasteiger partial charge in [-0.3, -0.25) is 4.79 Å². The van der Waals surface area contributed by atoms with Crippen LogP contribution in [0.3, 0.4) is 0 Å². The van der Waals surface area contributed by atoms with Gasteiger partial charge in [-0.1, -0.05) is 41.7 Å². The summed E-state index contributed by atoms with van der Waals surface area (Å²) in [5, 5.41) is 13.8. The standard InChI is InChI=1S/C23H21N5O3S/c24-14-17-6-8-19(9-7-17)31-16-21(29)27-25-15-20-22(18-4-2-1-3-5-18)26-23(32-20)28-10-12-30-13-11-28/h1-9,15H,10-13,16H2,(H,27,29)/b25-15+. The van der Waals surface area contributed by atoms with Gasteiger partial charge in [0.2, 0.25) is 0 Å². The summed E-state index contributed by atoms with van der Waals surface area (Å²) >= 11 is 1.53. The van der Waals surface area contributed by atoms with Crippen LogP contribution in [0.4, 0.5) is 5.13 Å². The van der Waals surface area contributed by atoms with Crippen LogP contribution in [0.1, 0.15) is 10.4 Å². The minimum atomic E-state index is -0.384. The van der Waals surface area contributed by atoms with E-state index in [0.717, 1.165) is 34.4 Å². The van der Waals surface area contributed by atoms with Crippen LogP contribution in [-0.4, -0.2) is 50.0 Å². The first kappa shape index (κ1) is 21.5. The molecule has 1 saturated heterocycles. The van der Waals surface area contributed by atoms with Crippen molar-refractivity contribution in [2.45, 2.75) is 0 Å². The third-order valence-corrected chi connectivity index (χ3v) is 5.75. The number of hydrogen-bond donors (Lipinski definition) is 1. The lowest BCUT2D eigenvalue weighted by atomic mass is 10.1. The molecule has 0 spiro atoms. The number of nitrogens with one attached hydrogen (secondary N) is 1. The molecular formula is C23H21N5O3S. The molecule has 1 N–H and O–H groups in total. The first-order valence-electron chi connectivity index (χ1n) is 10.1. The van der Waals surface area contributed by atoms with Gasteiger partial charge >= 0.3 is 0 Å². The van der Waals surface area contributed by atoms with Crippen LogP contribution >= 0.6 is 11.3 Å². The van der Waals surface area contributed by atoms with Crippen molar-refractivity contribution in [3.8, 4) is 23.1 Å². The van der Waals surface area contributed by atoms with Gasteiger partial charge in [-0.05, 0) is 24.3 Å². The van der Waals surface area contributed by atoms with Gasteiger partial charge in [0.25, 0.3) is 5.91 Å². The fraction of sp³-hybridized carbons (Fsp3) is 0.217. The summed E-state index contributed by atoms with van der Waals surface area (Å²) in [4.78, 5) is 20.0. The molecule has 0 radical (unpaired) electrons. The van der Waals surface area contributed by atoms with Gasteiger partial charge < -0.3 is 14.4 Å². The fourth-order valence-electron chi connectivity index (χ4n) is 3.07. The number of hydrogen-bond acceptors (Lipinski definition) is 8. The number of hydrazone groups is 1. The van der Waals surface area contributed by atoms with Crippen molar-refractivity contribution in [1.82, 2.24) is 10.4 Å². The number of ether oxygens (including phenoxy) is 2. The van der Waals surface area contributed by atoms with Crippen molar-refractivity contribution in [3.05, 3.63) is 65.0 Å². The monoisotopic (exact) mass is 447 g/mol. The third-order valence-electron chi connectivity index (χ3n) is 4.70. The molecule has 1 aliphatic rings. The van der Waals surface area contributed by atoms with Crippen LogP contribution < -0.4 is 15.1 Å². The highest BCUT2D eigenvalue weighted by atomic mass is 32.1. The molecule has 8 nitrogen and oxygen atoms in total. The normalized spacial score (nSPS) is 13.7. The predicted octanol–water partition coefficient (Wildman–Crippen LogP) is 3.05. The van der Waals surface area contributed by atoms with E-state index in [9.17, 15) is 4.79 Å². The lowest BCUT2D eigenvalue weighted by Gasteiger charge is -2.26. The van der Waals surface area contributed by atoms with E-state index in [2.05, 4.69) is 15.4 Å². The minimum absolute atomic E-state index is 0.184. The second kappa shape index (κ2) is 10.5. The Morgan fingerprint density at radius 1 is 1.22 bits per heavy atom. The summed E-state index contributed by atoms with van der Waals surface area (Å²) < 4.78 is 10.9. The lowest BCUT2D eigenvalue weighted by molar-refractivity contribution is -0.123. The zero-order chi connectivity index (χ0) is 22.2. The first-order valence-corrected chi connectivity index (χ1v) is 10.9. The number of carbonyl (C=O) groups is 1. The van der Waals surface area contributed by atoms with Gasteiger partial charge in [0.15, 0.2) is 11.7 Å². The smallest absolute Gasteiger partial charge is 0.277 e. The van der Waals surface area contributed by atoms with Gasteiger partial charge in [-0.2, -0.15) is 10.4 Å². The van der Waals surface area contributed by atoms with E-state index < -0.39 is 0 Å². The summed E-state index contributed by atoms with van der Waals surface area (Å²) in [6.45, 7) is 2.76. The van der Waals surface area contributed by atoms with Gasteiger partial charge in [0.05, 0.1) is 41.6 Å². The third kappa shape index (κ3) is 5.49. The van der Waals surface area contributed by atoms with Crippen LogP contribution in [0.2, 0.25) is 0 Å². The molecule has 9 heteroatoms. The number of nitrogens with zero attached hydrogens (tertiary/aromatic N) is 4. The zero-order valence-corrected chi connectivity index (χ0v) is 18.0. The van der Waals surface area contributed by atoms with E-state index in [-0.39, 0.29) is 12.5 Å². The topological polar surface area (TPSA) is 99.8 Å². The van der Waals surface area contributed by atoms with Gasteiger partial charge in [-0.15, -0.1) is 0 Å². The molecule has 32 heavy (non-hydrogen) atoms. The van der Waals surface area contributed by atoms with Gasteiger partial charge in [0.1, 0.15) is 5.75 Å². The highest BCUT2D eigenvalue weighted by Crippen LogP contribution is 2.32. The molecule has 1 fully saturated rings. The van der Waals surface area contributed by atoms with E-state index in [1.807, 2.05) is 36.4 Å². The van der Waals surface area contributed by atoms with Crippen molar-refractivity contribution in [3.63, 3.8) is 0 Å². The summed E-state index contributed by atoms with van der Waals surface area (Å²) in [5.74, 6) is 0.122. The molecule has 4 rings (SSSR count). The quantitative estimate of drug-likeness (QED) is 0.441. The number of anilines is 1. The highest BCUT2D eigenvalue weighted by molar-refractivity contribution is 7.17. The van der Waals surface area contributed by atoms with Crippen molar-refractivity contribution in [2.75, 3.05) is 37.8 Å². The number of thiazole rings is 1. The second-order valence-electron chi connectivity index (χ2n) is 6.89. The maximum absolute atomic E-state index is 12.1. The van der Waals surface area contributed by atoms with E-state index in [1.54, 1.807) is 30.5 Å². The summed E-state index contributed by atoms with van der Waals surface area (Å²) in [6.07, 6.45) is 1.61. The van der Waals surface area contributed by atoms with Crippen LogP contribution in [-0.2, 0) is 9.53 Å². The Morgan fingerprint density at radius 3 is 2.69 bits per heavy atom. The zero-order valence-electron chi connectivity index (χ0n) is 17.2. The number of benzene rings is 2. The second-order valence-corrected chi connectivity index (χ2v) is 7.90. The number of aromatic nitrogens is 1. The molecule has 0 bridgehead atoms. The molecule has 1 aromatic heterocycles. The molecule has 2 heterocycles. The Balaban J connectivity index is 1.42. The molecule has 2 aromatic carbocycles. The fourth-order valence-corrected chi connectivity index (χ4v) is 4.08. The number of rotatable bonds is 7. The Bertz CT molecular complexity index is 1120. The lowest BCUT2D eigenvalue weighted by Crippen LogP contribution is -2.36. The number of nitriles is 1. The Labute approximate surface area is 189 Å². The molecule has 0 saturated carbocycles. The van der Waals surface area contributed by atoms with Crippen LogP contribution in [0.15, 0.2) is 59.7 Å². The Kier molecular flexibility index (Phi) is 7.07. The van der Waals surface area contributed by atoms with E-state index >= 15 is 0 Å². The molecule has 0 aliphatic carbocycles. The van der Waals surface area contributed by atoms with Crippen molar-refractivity contribution >= 4 is 28.6 Å². The largest absolute Gasteiger partial charge is 0.484 e. The average molecular weight is 448 g/mol. The molecule has 0 atom stereocenters. The Hall–Kier alpha value is -3.74. The predicted molar refractivity (Wildman–Crippen MR) is 123 cm³/mol. The Morgan fingerprint density at radius 2 is 1.97 bits per heavy atom. The van der Waals surface area contributed by atoms with Crippen molar-refractivity contribution in [2.24, 2.45) is 5.10 Å². The van der Waals surface area contributed by atoms with Crippen LogP contribution in [0, 0.1) is 11.3 Å². The summed E-state index contributed by atoms with van der Waals surface area (Å²) in [6, 6.07) is 18.5. The van der Waals surface area contributed by atoms with Crippen LogP contribution in [0.5, 0.6) is 5.75 Å². The molecule has 3 aromatic rings. The number of morpholine rings is 1.